The lowest BCUT2D eigenvalue weighted by molar-refractivity contribution is 0.390. The first-order valence-electron chi connectivity index (χ1n) is 2.84. The van der Waals surface area contributed by atoms with E-state index in [0.717, 1.165) is 11.6 Å². The van der Waals surface area contributed by atoms with E-state index < -0.39 is 0 Å². The van der Waals surface area contributed by atoms with Crippen LogP contribution in [0.25, 0.3) is 0 Å². The van der Waals surface area contributed by atoms with Gasteiger partial charge in [0.2, 0.25) is 5.90 Å². The molecular weight excluding hydrogens is 116 g/mol. The molecule has 1 heterocycles. The number of hydrogen-bond acceptors (Lipinski definition) is 3. The monoisotopic (exact) mass is 126 g/mol. The third-order valence-corrected chi connectivity index (χ3v) is 1.10. The van der Waals surface area contributed by atoms with E-state index in [1.54, 1.807) is 7.11 Å². The van der Waals surface area contributed by atoms with E-state index in [4.69, 9.17) is 4.74 Å². The van der Waals surface area contributed by atoms with Crippen LogP contribution in [0.2, 0.25) is 0 Å². The van der Waals surface area contributed by atoms with Crippen LogP contribution in [0.3, 0.4) is 0 Å². The molecule has 3 nitrogen and oxygen atoms in total. The van der Waals surface area contributed by atoms with Gasteiger partial charge >= 0.3 is 0 Å². The van der Waals surface area contributed by atoms with Crippen LogP contribution < -0.4 is 5.32 Å². The van der Waals surface area contributed by atoms with Crippen molar-refractivity contribution in [3.05, 3.63) is 11.9 Å². The zero-order valence-electron chi connectivity index (χ0n) is 5.64. The van der Waals surface area contributed by atoms with Gasteiger partial charge in [-0.2, -0.15) is 0 Å². The summed E-state index contributed by atoms with van der Waals surface area (Å²) in [5.41, 5.74) is 0.957. The first-order chi connectivity index (χ1) is 4.33. The second-order valence-electron chi connectivity index (χ2n) is 1.88. The summed E-state index contributed by atoms with van der Waals surface area (Å²) in [6.45, 7) is 2.62. The Morgan fingerprint density at radius 2 is 2.56 bits per heavy atom. The minimum atomic E-state index is 0.702. The Morgan fingerprint density at radius 1 is 1.78 bits per heavy atom. The molecule has 0 atom stereocenters. The first-order valence-corrected chi connectivity index (χ1v) is 2.84. The molecule has 0 spiro atoms. The maximum Gasteiger partial charge on any atom is 0.207 e. The molecule has 0 aromatic rings. The number of nitrogens with one attached hydrogen (secondary N) is 1. The van der Waals surface area contributed by atoms with Gasteiger partial charge in [-0.25, -0.2) is 4.99 Å². The molecule has 0 amide bonds. The summed E-state index contributed by atoms with van der Waals surface area (Å²) in [7, 11) is 1.62. The Morgan fingerprint density at radius 3 is 3.00 bits per heavy atom. The Hall–Kier alpha value is -0.990. The summed E-state index contributed by atoms with van der Waals surface area (Å²) < 4.78 is 4.91. The molecule has 0 aromatic heterocycles. The molecule has 0 aromatic carbocycles. The smallest absolute Gasteiger partial charge is 0.207 e. The van der Waals surface area contributed by atoms with Crippen LogP contribution in [-0.2, 0) is 4.74 Å². The Labute approximate surface area is 54.4 Å². The third kappa shape index (κ3) is 1.45. The summed E-state index contributed by atoms with van der Waals surface area (Å²) in [6, 6.07) is 0. The van der Waals surface area contributed by atoms with Crippen molar-refractivity contribution >= 4 is 5.90 Å². The lowest BCUT2D eigenvalue weighted by atomic mass is 10.4. The first kappa shape index (κ1) is 6.13. The lowest BCUT2D eigenvalue weighted by Gasteiger charge is -2.09. The molecule has 50 valence electrons. The molecule has 0 saturated heterocycles. The van der Waals surface area contributed by atoms with E-state index in [0.29, 0.717) is 6.54 Å². The summed E-state index contributed by atoms with van der Waals surface area (Å²) in [6.07, 6.45) is 1.86. The minimum absolute atomic E-state index is 0.702. The Kier molecular flexibility index (Phi) is 1.72. The quantitative estimate of drug-likeness (QED) is 0.512. The highest BCUT2D eigenvalue weighted by atomic mass is 16.5. The van der Waals surface area contributed by atoms with E-state index in [1.165, 1.54) is 0 Å². The zero-order valence-corrected chi connectivity index (χ0v) is 5.64. The molecule has 0 aliphatic carbocycles. The number of rotatable bonds is 0. The fraction of sp³-hybridized carbons (Fsp3) is 0.500. The Balaban J connectivity index is 2.63. The number of hydrogen-bond donors (Lipinski definition) is 1. The molecule has 0 unspecified atom stereocenters. The maximum absolute atomic E-state index is 4.91. The van der Waals surface area contributed by atoms with Gasteiger partial charge in [0.1, 0.15) is 0 Å². The van der Waals surface area contributed by atoms with Gasteiger partial charge in [0.25, 0.3) is 0 Å². The molecule has 1 aliphatic heterocycles. The SMILES string of the molecule is COC1=NC(C)=CNC1. The van der Waals surface area contributed by atoms with Gasteiger partial charge in [0, 0.05) is 6.20 Å². The normalized spacial score (nSPS) is 17.6. The van der Waals surface area contributed by atoms with Gasteiger partial charge < -0.3 is 10.1 Å². The van der Waals surface area contributed by atoms with Crippen molar-refractivity contribution in [2.45, 2.75) is 6.92 Å². The molecule has 0 fully saturated rings. The number of ether oxygens (including phenoxy) is 1. The summed E-state index contributed by atoms with van der Waals surface area (Å²) in [5.74, 6) is 0.745. The average Bonchev–Trinajstić information content (AvgIpc) is 1.88. The van der Waals surface area contributed by atoms with Gasteiger partial charge in [-0.1, -0.05) is 0 Å². The number of methoxy groups -OCH3 is 1. The highest BCUT2D eigenvalue weighted by molar-refractivity contribution is 5.80. The fourth-order valence-corrected chi connectivity index (χ4v) is 0.672. The van der Waals surface area contributed by atoms with Crippen molar-refractivity contribution in [1.29, 1.82) is 0 Å². The van der Waals surface area contributed by atoms with Crippen molar-refractivity contribution in [2.24, 2.45) is 4.99 Å². The topological polar surface area (TPSA) is 33.6 Å². The van der Waals surface area contributed by atoms with Crippen LogP contribution in [0.4, 0.5) is 0 Å². The molecule has 1 aliphatic rings. The highest BCUT2D eigenvalue weighted by Gasteiger charge is 2.00. The van der Waals surface area contributed by atoms with Gasteiger partial charge in [-0.3, -0.25) is 0 Å². The van der Waals surface area contributed by atoms with Crippen molar-refractivity contribution in [2.75, 3.05) is 13.7 Å². The molecule has 3 heteroatoms. The number of aliphatic imine (C=N–C) groups is 1. The van der Waals surface area contributed by atoms with Crippen LogP contribution in [0.15, 0.2) is 16.9 Å². The van der Waals surface area contributed by atoms with Crippen molar-refractivity contribution in [3.63, 3.8) is 0 Å². The van der Waals surface area contributed by atoms with Crippen molar-refractivity contribution in [3.8, 4) is 0 Å². The van der Waals surface area contributed by atoms with Gasteiger partial charge in [0.15, 0.2) is 0 Å². The van der Waals surface area contributed by atoms with Gasteiger partial charge in [-0.15, -0.1) is 0 Å². The second-order valence-corrected chi connectivity index (χ2v) is 1.88. The van der Waals surface area contributed by atoms with E-state index in [-0.39, 0.29) is 0 Å². The molecule has 0 saturated carbocycles. The Bertz CT molecular complexity index is 160. The summed E-state index contributed by atoms with van der Waals surface area (Å²) in [4.78, 5) is 4.09. The third-order valence-electron chi connectivity index (χ3n) is 1.10. The van der Waals surface area contributed by atoms with Crippen LogP contribution >= 0.6 is 0 Å². The minimum Gasteiger partial charge on any atom is -0.483 e. The van der Waals surface area contributed by atoms with Crippen LogP contribution in [0.5, 0.6) is 0 Å². The van der Waals surface area contributed by atoms with E-state index >= 15 is 0 Å². The number of allylic oxidation sites excluding steroid dienone is 1. The highest BCUT2D eigenvalue weighted by Crippen LogP contribution is 1.97. The predicted molar refractivity (Wildman–Crippen MR) is 36.2 cm³/mol. The van der Waals surface area contributed by atoms with Crippen LogP contribution in [0.1, 0.15) is 6.92 Å². The molecular formula is C6H10N2O. The lowest BCUT2D eigenvalue weighted by Crippen LogP contribution is -2.23. The zero-order chi connectivity index (χ0) is 6.69. The molecule has 1 N–H and O–H groups in total. The molecule has 0 bridgehead atoms. The van der Waals surface area contributed by atoms with E-state index in [2.05, 4.69) is 10.3 Å². The molecule has 9 heavy (non-hydrogen) atoms. The predicted octanol–water partition coefficient (Wildman–Crippen LogP) is 0.496. The maximum atomic E-state index is 4.91. The molecule has 0 radical (unpaired) electrons. The largest absolute Gasteiger partial charge is 0.483 e. The summed E-state index contributed by atoms with van der Waals surface area (Å²) >= 11 is 0. The fourth-order valence-electron chi connectivity index (χ4n) is 0.672. The molecule has 1 rings (SSSR count). The summed E-state index contributed by atoms with van der Waals surface area (Å²) in [5, 5.41) is 3.02. The van der Waals surface area contributed by atoms with E-state index in [9.17, 15) is 0 Å². The van der Waals surface area contributed by atoms with Crippen molar-refractivity contribution < 1.29 is 4.74 Å². The number of nitrogens with zero attached hydrogens (tertiary/aromatic N) is 1. The van der Waals surface area contributed by atoms with E-state index in [1.807, 2.05) is 13.1 Å². The standard InChI is InChI=1S/C6H10N2O/c1-5-3-7-4-6(8-5)9-2/h3,7H,4H2,1-2H3. The van der Waals surface area contributed by atoms with Crippen LogP contribution in [-0.4, -0.2) is 19.6 Å². The van der Waals surface area contributed by atoms with Gasteiger partial charge in [-0.05, 0) is 6.92 Å². The van der Waals surface area contributed by atoms with Crippen molar-refractivity contribution in [1.82, 2.24) is 5.32 Å². The van der Waals surface area contributed by atoms with Gasteiger partial charge in [0.05, 0.1) is 19.4 Å². The van der Waals surface area contributed by atoms with Crippen LogP contribution in [0, 0.1) is 0 Å². The second kappa shape index (κ2) is 2.53. The average molecular weight is 126 g/mol.